The molecule has 11 aromatic rings. The summed E-state index contributed by atoms with van der Waals surface area (Å²) in [4.78, 5) is 5.04. The van der Waals surface area contributed by atoms with Gasteiger partial charge in [-0.05, 0) is 171 Å². The zero-order valence-electron chi connectivity index (χ0n) is 46.2. The Kier molecular flexibility index (Phi) is 10.1. The normalized spacial score (nSPS) is 15.2. The van der Waals surface area contributed by atoms with Crippen molar-refractivity contribution in [3.8, 4) is 33.4 Å². The van der Waals surface area contributed by atoms with Crippen LogP contribution in [0.25, 0.3) is 65.7 Å². The van der Waals surface area contributed by atoms with Crippen molar-refractivity contribution in [3.63, 3.8) is 0 Å². The summed E-state index contributed by atoms with van der Waals surface area (Å²) in [7, 11) is 0. The van der Waals surface area contributed by atoms with E-state index in [4.69, 9.17) is 0 Å². The van der Waals surface area contributed by atoms with E-state index in [1.807, 2.05) is 0 Å². The third-order valence-electron chi connectivity index (χ3n) is 18.5. The third-order valence-corrected chi connectivity index (χ3v) is 18.5. The Labute approximate surface area is 455 Å². The van der Waals surface area contributed by atoms with Gasteiger partial charge in [0.15, 0.2) is 0 Å². The Hall–Kier alpha value is -8.20. The molecule has 3 aliphatic carbocycles. The molecule has 0 saturated heterocycles. The highest BCUT2D eigenvalue weighted by atomic mass is 15.1. The van der Waals surface area contributed by atoms with Gasteiger partial charge in [-0.15, -0.1) is 0 Å². The molecule has 0 atom stereocenters. The lowest BCUT2D eigenvalue weighted by molar-refractivity contribution is 0.0965. The van der Waals surface area contributed by atoms with Gasteiger partial charge in [0.1, 0.15) is 0 Å². The van der Waals surface area contributed by atoms with Crippen molar-refractivity contribution in [1.82, 2.24) is 0 Å². The molecule has 0 bridgehead atoms. The summed E-state index contributed by atoms with van der Waals surface area (Å²) in [6, 6.07) is 82.9. The lowest BCUT2D eigenvalue weighted by atomic mass is 9.49. The number of para-hydroxylation sites is 2. The minimum atomic E-state index is -0.461. The molecule has 11 aromatic carbocycles. The summed E-state index contributed by atoms with van der Waals surface area (Å²) in [5.41, 5.74) is 22.1. The number of anilines is 6. The van der Waals surface area contributed by atoms with Gasteiger partial charge < -0.3 is 9.80 Å². The summed E-state index contributed by atoms with van der Waals surface area (Å²) in [6.45, 7) is 24.5. The van der Waals surface area contributed by atoms with Crippen LogP contribution in [-0.2, 0) is 16.2 Å². The molecule has 0 amide bonds. The minimum Gasteiger partial charge on any atom is -0.310 e. The molecule has 0 aromatic heterocycles. The standard InChI is InChI=1S/C75H66N2/c1-71(2,3)75(72(4,5)6)66-46-67(77(48-27-15-12-16-28-48)51-38-41-56-54-31-22-24-36-63(54)74(9,10)65(56)45-51)57-32-18-20-34-59(57)68(66)69-58-33-19-17-29-52(58)61-43-49(39-42-60(61)70(69)75)76(47-25-13-11-14-26-47)50-37-40-55-53-30-21-23-35-62(53)73(7,8)64(55)44-50/h11-46H,1-10H3. The fourth-order valence-corrected chi connectivity index (χ4v) is 15.6. The predicted molar refractivity (Wildman–Crippen MR) is 329 cm³/mol. The lowest BCUT2D eigenvalue weighted by Crippen LogP contribution is -2.50. The monoisotopic (exact) mass is 995 g/mol. The molecule has 0 N–H and O–H groups in total. The van der Waals surface area contributed by atoms with Crippen molar-refractivity contribution in [2.45, 2.75) is 85.5 Å². The van der Waals surface area contributed by atoms with Crippen LogP contribution in [0.4, 0.5) is 34.1 Å². The number of hydrogen-bond acceptors (Lipinski definition) is 2. The van der Waals surface area contributed by atoms with Gasteiger partial charge in [-0.2, -0.15) is 0 Å². The minimum absolute atomic E-state index is 0.129. The zero-order chi connectivity index (χ0) is 53.0. The quantitative estimate of drug-likeness (QED) is 0.153. The molecule has 0 heterocycles. The molecule has 77 heavy (non-hydrogen) atoms. The lowest BCUT2D eigenvalue weighted by Gasteiger charge is -2.53. The van der Waals surface area contributed by atoms with Crippen LogP contribution in [0.3, 0.4) is 0 Å². The molecule has 2 heteroatoms. The van der Waals surface area contributed by atoms with Crippen LogP contribution in [0.15, 0.2) is 218 Å². The van der Waals surface area contributed by atoms with Gasteiger partial charge in [0, 0.05) is 50.1 Å². The van der Waals surface area contributed by atoms with Crippen molar-refractivity contribution in [1.29, 1.82) is 0 Å². The molecule has 2 nitrogen and oxygen atoms in total. The topological polar surface area (TPSA) is 6.48 Å². The van der Waals surface area contributed by atoms with E-state index in [2.05, 4.69) is 297 Å². The molecule has 376 valence electrons. The summed E-state index contributed by atoms with van der Waals surface area (Å²) in [5, 5.41) is 7.67. The van der Waals surface area contributed by atoms with Crippen LogP contribution < -0.4 is 9.80 Å². The second-order valence-corrected chi connectivity index (χ2v) is 25.3. The van der Waals surface area contributed by atoms with Crippen LogP contribution in [-0.4, -0.2) is 0 Å². The number of hydrogen-bond donors (Lipinski definition) is 0. The molecular formula is C75H66N2. The predicted octanol–water partition coefficient (Wildman–Crippen LogP) is 21.1. The fraction of sp³-hybridized carbons (Fsp3) is 0.200. The van der Waals surface area contributed by atoms with Crippen LogP contribution in [0.2, 0.25) is 0 Å². The molecule has 0 unspecified atom stereocenters. The first kappa shape index (κ1) is 47.3. The smallest absolute Gasteiger partial charge is 0.0543 e. The van der Waals surface area contributed by atoms with Gasteiger partial charge in [0.05, 0.1) is 5.69 Å². The average molecular weight is 995 g/mol. The maximum atomic E-state index is 2.63. The van der Waals surface area contributed by atoms with Crippen molar-refractivity contribution < 1.29 is 0 Å². The molecular weight excluding hydrogens is 929 g/mol. The van der Waals surface area contributed by atoms with Crippen LogP contribution in [0, 0.1) is 10.8 Å². The third kappa shape index (κ3) is 6.48. The highest BCUT2D eigenvalue weighted by Crippen LogP contribution is 2.69. The summed E-state index contributed by atoms with van der Waals surface area (Å²) in [5.74, 6) is 0. The second kappa shape index (κ2) is 16.4. The number of fused-ring (bicyclic) bond motifs is 16. The van der Waals surface area contributed by atoms with Gasteiger partial charge >= 0.3 is 0 Å². The first-order chi connectivity index (χ1) is 37.0. The Morgan fingerprint density at radius 2 is 0.701 bits per heavy atom. The first-order valence-electron chi connectivity index (χ1n) is 27.8. The molecule has 0 saturated carbocycles. The Morgan fingerprint density at radius 1 is 0.286 bits per heavy atom. The second-order valence-electron chi connectivity index (χ2n) is 25.3. The van der Waals surface area contributed by atoms with Crippen LogP contribution in [0.1, 0.15) is 103 Å². The number of benzene rings is 11. The van der Waals surface area contributed by atoms with Gasteiger partial charge in [0.25, 0.3) is 0 Å². The fourth-order valence-electron chi connectivity index (χ4n) is 15.6. The molecule has 0 radical (unpaired) electrons. The number of rotatable bonds is 6. The Bertz CT molecular complexity index is 4220. The van der Waals surface area contributed by atoms with Crippen molar-refractivity contribution in [2.75, 3.05) is 9.80 Å². The SMILES string of the molecule is CC1(C)c2ccccc2-c2ccc(N(c3ccccc3)c3ccc4c5c(c6ccccc6c4c3)-c3c(cc(N(c4ccccc4)c4ccc6c(c4)C(C)(C)c4ccccc4-6)c4ccccc34)C5(C(C)(C)C)C(C)(C)C)cc21. The molecule has 0 spiro atoms. The summed E-state index contributed by atoms with van der Waals surface area (Å²) >= 11 is 0. The van der Waals surface area contributed by atoms with E-state index in [0.717, 1.165) is 28.4 Å². The highest BCUT2D eigenvalue weighted by molar-refractivity contribution is 6.23. The molecule has 0 fully saturated rings. The molecule has 14 rings (SSSR count). The molecule has 3 aliphatic rings. The van der Waals surface area contributed by atoms with E-state index in [9.17, 15) is 0 Å². The van der Waals surface area contributed by atoms with E-state index in [1.54, 1.807) is 0 Å². The molecule has 0 aliphatic heterocycles. The first-order valence-corrected chi connectivity index (χ1v) is 27.8. The maximum Gasteiger partial charge on any atom is 0.0543 e. The summed E-state index contributed by atoms with van der Waals surface area (Å²) in [6.07, 6.45) is 0. The maximum absolute atomic E-state index is 2.63. The van der Waals surface area contributed by atoms with E-state index in [0.29, 0.717) is 0 Å². The van der Waals surface area contributed by atoms with Crippen LogP contribution >= 0.6 is 0 Å². The van der Waals surface area contributed by atoms with Crippen LogP contribution in [0.5, 0.6) is 0 Å². The van der Waals surface area contributed by atoms with E-state index in [1.165, 1.54) is 105 Å². The van der Waals surface area contributed by atoms with E-state index < -0.39 is 5.41 Å². The largest absolute Gasteiger partial charge is 0.310 e. The van der Waals surface area contributed by atoms with Crippen molar-refractivity contribution >= 4 is 66.4 Å². The Morgan fingerprint density at radius 3 is 1.25 bits per heavy atom. The zero-order valence-corrected chi connectivity index (χ0v) is 46.2. The van der Waals surface area contributed by atoms with Crippen molar-refractivity contribution in [3.05, 3.63) is 252 Å². The van der Waals surface area contributed by atoms with Gasteiger partial charge in [-0.25, -0.2) is 0 Å². The van der Waals surface area contributed by atoms with Crippen molar-refractivity contribution in [2.24, 2.45) is 10.8 Å². The van der Waals surface area contributed by atoms with Gasteiger partial charge in [-0.3, -0.25) is 0 Å². The Balaban J connectivity index is 1.04. The van der Waals surface area contributed by atoms with Gasteiger partial charge in [0.2, 0.25) is 0 Å². The number of nitrogens with zero attached hydrogens (tertiary/aromatic N) is 2. The summed E-state index contributed by atoms with van der Waals surface area (Å²) < 4.78 is 0. The highest BCUT2D eigenvalue weighted by Gasteiger charge is 2.59. The van der Waals surface area contributed by atoms with E-state index >= 15 is 0 Å². The average Bonchev–Trinajstić information content (AvgIpc) is 3.38. The van der Waals surface area contributed by atoms with Gasteiger partial charge in [-0.1, -0.05) is 221 Å². The van der Waals surface area contributed by atoms with E-state index in [-0.39, 0.29) is 21.7 Å².